The molecule has 0 fully saturated rings. The van der Waals surface area contributed by atoms with Gasteiger partial charge < -0.3 is 0 Å². The monoisotopic (exact) mass is 466 g/mol. The Kier molecular flexibility index (Phi) is 12.0. The molecule has 0 saturated carbocycles. The molecular weight excluding hydrogens is 427 g/mol. The molecule has 0 heterocycles. The minimum atomic E-state index is -2.35. The van der Waals surface area contributed by atoms with E-state index >= 15 is 0 Å². The van der Waals surface area contributed by atoms with Gasteiger partial charge in [-0.25, -0.2) is 0 Å². The molecule has 1 atom stereocenters. The first-order valence-corrected chi connectivity index (χ1v) is 18.2. The Morgan fingerprint density at radius 2 is 1.46 bits per heavy atom. The summed E-state index contributed by atoms with van der Waals surface area (Å²) in [6, 6.07) is 10.1. The van der Waals surface area contributed by atoms with Crippen molar-refractivity contribution in [3.05, 3.63) is 46.1 Å². The number of ether oxygens (including phenoxy) is 1. The zero-order valence-electron chi connectivity index (χ0n) is 17.3. The van der Waals surface area contributed by atoms with Gasteiger partial charge in [0, 0.05) is 0 Å². The van der Waals surface area contributed by atoms with Gasteiger partial charge in [0.05, 0.1) is 0 Å². The van der Waals surface area contributed by atoms with E-state index in [0.717, 1.165) is 5.56 Å². The van der Waals surface area contributed by atoms with Crippen molar-refractivity contribution in [2.24, 2.45) is 0 Å². The van der Waals surface area contributed by atoms with E-state index in [-0.39, 0.29) is 12.1 Å². The summed E-state index contributed by atoms with van der Waals surface area (Å²) in [7, 11) is 0. The maximum atomic E-state index is 11.6. The first-order chi connectivity index (χ1) is 12.6. The molecule has 3 heteroatoms. The third-order valence-electron chi connectivity index (χ3n) is 5.13. The Bertz CT molecular complexity index is 502. The zero-order chi connectivity index (χ0) is 19.3. The van der Waals surface area contributed by atoms with Crippen LogP contribution in [-0.2, 0) is 9.53 Å². The molecule has 26 heavy (non-hydrogen) atoms. The maximum absolute atomic E-state index is 11.6. The van der Waals surface area contributed by atoms with Crippen LogP contribution in [0.4, 0.5) is 0 Å². The Hall–Kier alpha value is -0.771. The quantitative estimate of drug-likeness (QED) is 0.227. The molecule has 0 amide bonds. The number of unbranched alkanes of at least 4 members (excludes halogenated alkanes) is 3. The van der Waals surface area contributed by atoms with Crippen molar-refractivity contribution in [1.82, 2.24) is 0 Å². The summed E-state index contributed by atoms with van der Waals surface area (Å²) in [5, 5.41) is 0. The number of benzene rings is 1. The molecule has 2 nitrogen and oxygen atoms in total. The van der Waals surface area contributed by atoms with Crippen molar-refractivity contribution in [3.8, 4) is 0 Å². The summed E-state index contributed by atoms with van der Waals surface area (Å²) in [6.07, 6.45) is 9.85. The Morgan fingerprint density at radius 3 is 1.88 bits per heavy atom. The second-order valence-corrected chi connectivity index (χ2v) is 20.5. The number of carbonyl (C=O) groups excluding carboxylic acids is 1. The molecule has 0 aliphatic carbocycles. The minimum absolute atomic E-state index is 0.208. The molecule has 0 unspecified atom stereocenters. The second-order valence-electron chi connectivity index (χ2n) is 7.47. The summed E-state index contributed by atoms with van der Waals surface area (Å²) in [4.78, 5) is 11.6. The number of hydrogen-bond acceptors (Lipinski definition) is 2. The average molecular weight is 465 g/mol. The van der Waals surface area contributed by atoms with Crippen LogP contribution in [0, 0.1) is 0 Å². The fourth-order valence-corrected chi connectivity index (χ4v) is 17.8. The molecule has 1 rings (SSSR count). The van der Waals surface area contributed by atoms with E-state index in [1.807, 2.05) is 18.2 Å². The number of carbonyl (C=O) groups is 1. The molecule has 0 aromatic heterocycles. The Morgan fingerprint density at radius 1 is 0.962 bits per heavy atom. The van der Waals surface area contributed by atoms with Crippen molar-refractivity contribution in [2.75, 3.05) is 0 Å². The van der Waals surface area contributed by atoms with Crippen LogP contribution in [0.2, 0.25) is 13.3 Å². The normalized spacial score (nSPS) is 13.1. The van der Waals surface area contributed by atoms with Gasteiger partial charge >= 0.3 is 166 Å². The third kappa shape index (κ3) is 8.74. The number of rotatable bonds is 13. The summed E-state index contributed by atoms with van der Waals surface area (Å²) >= 11 is -2.35. The van der Waals surface area contributed by atoms with E-state index < -0.39 is 18.4 Å². The molecule has 0 aliphatic heterocycles. The molecule has 146 valence electrons. The van der Waals surface area contributed by atoms with Crippen LogP contribution in [0.1, 0.15) is 77.9 Å². The number of esters is 1. The standard InChI is InChI=1S/C11H11O2.3C4H9.Sn/c1-3-11(13-9(2)12)10-7-5-4-6-8-10;3*1-3-4-2;/h1,3-8,11H,2H3;3*1,3-4H2,2H3;/t11-;;;;/m1..../s1. The molecular formula is C23H38O2Sn. The van der Waals surface area contributed by atoms with Crippen LogP contribution in [0.5, 0.6) is 0 Å². The van der Waals surface area contributed by atoms with Gasteiger partial charge in [0.25, 0.3) is 0 Å². The summed E-state index contributed by atoms with van der Waals surface area (Å²) in [6.45, 7) is 8.40. The van der Waals surface area contributed by atoms with E-state index in [9.17, 15) is 4.79 Å². The zero-order valence-corrected chi connectivity index (χ0v) is 20.2. The van der Waals surface area contributed by atoms with Gasteiger partial charge in [-0.3, -0.25) is 0 Å². The van der Waals surface area contributed by atoms with Gasteiger partial charge in [-0.05, 0) is 0 Å². The van der Waals surface area contributed by atoms with Crippen molar-refractivity contribution in [2.45, 2.75) is 85.6 Å². The molecule has 1 aromatic carbocycles. The van der Waals surface area contributed by atoms with E-state index in [0.29, 0.717) is 0 Å². The van der Waals surface area contributed by atoms with E-state index in [2.05, 4.69) is 43.1 Å². The topological polar surface area (TPSA) is 26.3 Å². The predicted octanol–water partition coefficient (Wildman–Crippen LogP) is 7.24. The second kappa shape index (κ2) is 13.4. The van der Waals surface area contributed by atoms with Crippen molar-refractivity contribution >= 4 is 24.3 Å². The Labute approximate surface area is 165 Å². The summed E-state index contributed by atoms with van der Waals surface area (Å²) in [5.74, 6) is -0.208. The molecule has 1 aromatic rings. The van der Waals surface area contributed by atoms with E-state index in [1.54, 1.807) is 0 Å². The van der Waals surface area contributed by atoms with Crippen molar-refractivity contribution in [1.29, 1.82) is 0 Å². The summed E-state index contributed by atoms with van der Waals surface area (Å²) in [5.41, 5.74) is 1.07. The van der Waals surface area contributed by atoms with E-state index in [4.69, 9.17) is 4.74 Å². The summed E-state index contributed by atoms with van der Waals surface area (Å²) < 4.78 is 12.5. The van der Waals surface area contributed by atoms with Crippen LogP contribution in [0.25, 0.3) is 0 Å². The molecule has 0 saturated heterocycles. The molecule has 0 spiro atoms. The van der Waals surface area contributed by atoms with Gasteiger partial charge in [-0.15, -0.1) is 0 Å². The van der Waals surface area contributed by atoms with Gasteiger partial charge in [0.1, 0.15) is 0 Å². The Balaban J connectivity index is 3.09. The molecule has 0 aliphatic rings. The molecule has 0 bridgehead atoms. The van der Waals surface area contributed by atoms with Gasteiger partial charge in [-0.1, -0.05) is 0 Å². The van der Waals surface area contributed by atoms with Crippen LogP contribution in [0.3, 0.4) is 0 Å². The predicted molar refractivity (Wildman–Crippen MR) is 115 cm³/mol. The van der Waals surface area contributed by atoms with Crippen LogP contribution in [-0.4, -0.2) is 24.3 Å². The van der Waals surface area contributed by atoms with Crippen LogP contribution in [0.15, 0.2) is 40.5 Å². The van der Waals surface area contributed by atoms with Crippen LogP contribution >= 0.6 is 0 Å². The van der Waals surface area contributed by atoms with Gasteiger partial charge in [0.15, 0.2) is 0 Å². The SMILES string of the molecule is CCC[CH2][Sn](/[CH]=C/[C@@H](OC(C)=O)c1ccccc1)([CH2]CCC)[CH2]CCC. The fourth-order valence-electron chi connectivity index (χ4n) is 3.54. The van der Waals surface area contributed by atoms with E-state index in [1.165, 1.54) is 58.8 Å². The number of hydrogen-bond donors (Lipinski definition) is 0. The van der Waals surface area contributed by atoms with Gasteiger partial charge in [0.2, 0.25) is 0 Å². The molecule has 0 N–H and O–H groups in total. The molecule has 0 radical (unpaired) electrons. The van der Waals surface area contributed by atoms with Gasteiger partial charge in [-0.2, -0.15) is 0 Å². The average Bonchev–Trinajstić information content (AvgIpc) is 2.66. The first kappa shape index (κ1) is 23.3. The van der Waals surface area contributed by atoms with Crippen LogP contribution < -0.4 is 0 Å². The fraction of sp³-hybridized carbons (Fsp3) is 0.609. The first-order valence-electron chi connectivity index (χ1n) is 10.5. The third-order valence-corrected chi connectivity index (χ3v) is 19.3. The van der Waals surface area contributed by atoms with Crippen molar-refractivity contribution < 1.29 is 9.53 Å². The van der Waals surface area contributed by atoms with Crippen molar-refractivity contribution in [3.63, 3.8) is 0 Å².